The zero-order valence-electron chi connectivity index (χ0n) is 12.5. The van der Waals surface area contributed by atoms with Crippen LogP contribution in [-0.2, 0) is 0 Å². The molecule has 0 spiro atoms. The van der Waals surface area contributed by atoms with Crippen molar-refractivity contribution in [1.82, 2.24) is 0 Å². The Labute approximate surface area is 115 Å². The maximum Gasteiger partial charge on any atom is 0.153 e. The van der Waals surface area contributed by atoms with Crippen LogP contribution in [-0.4, -0.2) is 25.5 Å². The van der Waals surface area contributed by atoms with Crippen molar-refractivity contribution in [1.29, 1.82) is 0 Å². The van der Waals surface area contributed by atoms with Gasteiger partial charge in [0, 0.05) is 23.8 Å². The highest BCUT2D eigenvalue weighted by Gasteiger charge is 2.36. The number of aldehydes is 1. The van der Waals surface area contributed by atoms with Crippen LogP contribution in [0, 0.1) is 0 Å². The van der Waals surface area contributed by atoms with E-state index in [1.807, 2.05) is 12.1 Å². The van der Waals surface area contributed by atoms with Gasteiger partial charge in [0.15, 0.2) is 6.29 Å². The average Bonchev–Trinajstić information content (AvgIpc) is 2.36. The molecule has 0 bridgehead atoms. The van der Waals surface area contributed by atoms with Crippen molar-refractivity contribution in [2.75, 3.05) is 18.6 Å². The molecule has 104 valence electrons. The molecule has 1 aromatic carbocycles. The fourth-order valence-corrected chi connectivity index (χ4v) is 3.39. The van der Waals surface area contributed by atoms with E-state index < -0.39 is 0 Å². The Morgan fingerprint density at radius 1 is 1.47 bits per heavy atom. The van der Waals surface area contributed by atoms with Crippen molar-refractivity contribution in [2.24, 2.45) is 0 Å². The topological polar surface area (TPSA) is 29.5 Å². The van der Waals surface area contributed by atoms with Crippen molar-refractivity contribution in [2.45, 2.75) is 45.6 Å². The standard InChI is InChI=1S/C16H23NO2/c1-6-17-14-8-15(19-5)12(10-18)7-13(14)11(2)9-16(17,3)4/h7-8,10-11H,6,9H2,1-5H3/t11-/m1/s1. The molecule has 0 aromatic heterocycles. The molecule has 0 aliphatic carbocycles. The first kappa shape index (κ1) is 13.9. The molecule has 1 heterocycles. The maximum atomic E-state index is 11.2. The minimum atomic E-state index is 0.134. The Morgan fingerprint density at radius 3 is 2.68 bits per heavy atom. The van der Waals surface area contributed by atoms with Crippen LogP contribution < -0.4 is 9.64 Å². The molecule has 1 aromatic rings. The molecule has 0 saturated heterocycles. The smallest absolute Gasteiger partial charge is 0.153 e. The first-order chi connectivity index (χ1) is 8.94. The summed E-state index contributed by atoms with van der Waals surface area (Å²) in [7, 11) is 1.61. The van der Waals surface area contributed by atoms with Gasteiger partial charge in [-0.05, 0) is 44.7 Å². The van der Waals surface area contributed by atoms with Crippen molar-refractivity contribution >= 4 is 12.0 Å². The zero-order valence-corrected chi connectivity index (χ0v) is 12.5. The van der Waals surface area contributed by atoms with E-state index in [0.717, 1.165) is 19.3 Å². The van der Waals surface area contributed by atoms with Crippen LogP contribution in [0.4, 0.5) is 5.69 Å². The summed E-state index contributed by atoms with van der Waals surface area (Å²) in [6.45, 7) is 9.90. The van der Waals surface area contributed by atoms with Gasteiger partial charge in [0.1, 0.15) is 5.75 Å². The maximum absolute atomic E-state index is 11.2. The molecule has 2 rings (SSSR count). The van der Waals surface area contributed by atoms with E-state index in [9.17, 15) is 4.79 Å². The third-order valence-corrected chi connectivity index (χ3v) is 4.18. The molecule has 19 heavy (non-hydrogen) atoms. The van der Waals surface area contributed by atoms with Crippen LogP contribution in [0.1, 0.15) is 56.0 Å². The van der Waals surface area contributed by atoms with Crippen molar-refractivity contribution < 1.29 is 9.53 Å². The van der Waals surface area contributed by atoms with Gasteiger partial charge in [0.25, 0.3) is 0 Å². The number of ether oxygens (including phenoxy) is 1. The number of fused-ring (bicyclic) bond motifs is 1. The largest absolute Gasteiger partial charge is 0.496 e. The van der Waals surface area contributed by atoms with E-state index in [0.29, 0.717) is 17.2 Å². The molecule has 0 saturated carbocycles. The van der Waals surface area contributed by atoms with Gasteiger partial charge < -0.3 is 9.64 Å². The van der Waals surface area contributed by atoms with Crippen LogP contribution in [0.2, 0.25) is 0 Å². The predicted molar refractivity (Wildman–Crippen MR) is 78.5 cm³/mol. The number of anilines is 1. The summed E-state index contributed by atoms with van der Waals surface area (Å²) >= 11 is 0. The normalized spacial score (nSPS) is 20.9. The molecule has 0 radical (unpaired) electrons. The monoisotopic (exact) mass is 261 g/mol. The second kappa shape index (κ2) is 4.87. The number of carbonyl (C=O) groups is 1. The molecule has 1 aliphatic heterocycles. The lowest BCUT2D eigenvalue weighted by Crippen LogP contribution is -2.48. The summed E-state index contributed by atoms with van der Waals surface area (Å²) in [5.41, 5.74) is 3.23. The van der Waals surface area contributed by atoms with Crippen LogP contribution in [0.5, 0.6) is 5.75 Å². The summed E-state index contributed by atoms with van der Waals surface area (Å²) in [5, 5.41) is 0. The van der Waals surface area contributed by atoms with E-state index >= 15 is 0 Å². The molecule has 0 N–H and O–H groups in total. The molecule has 1 atom stereocenters. The molecular formula is C16H23NO2. The Bertz CT molecular complexity index is 494. The molecule has 3 nitrogen and oxygen atoms in total. The van der Waals surface area contributed by atoms with E-state index in [2.05, 4.69) is 32.6 Å². The third kappa shape index (κ3) is 2.22. The summed E-state index contributed by atoms with van der Waals surface area (Å²) in [4.78, 5) is 13.6. The molecule has 0 amide bonds. The van der Waals surface area contributed by atoms with Crippen LogP contribution in [0.3, 0.4) is 0 Å². The lowest BCUT2D eigenvalue weighted by Gasteiger charge is -2.47. The summed E-state index contributed by atoms with van der Waals surface area (Å²) in [5.74, 6) is 1.12. The molecular weight excluding hydrogens is 238 g/mol. The van der Waals surface area contributed by atoms with Gasteiger partial charge in [-0.2, -0.15) is 0 Å². The highest BCUT2D eigenvalue weighted by Crippen LogP contribution is 2.45. The first-order valence-corrected chi connectivity index (χ1v) is 6.89. The van der Waals surface area contributed by atoms with Crippen LogP contribution >= 0.6 is 0 Å². The van der Waals surface area contributed by atoms with Gasteiger partial charge in [0.2, 0.25) is 0 Å². The predicted octanol–water partition coefficient (Wildman–Crippen LogP) is 3.62. The number of hydrogen-bond donors (Lipinski definition) is 0. The highest BCUT2D eigenvalue weighted by atomic mass is 16.5. The van der Waals surface area contributed by atoms with Gasteiger partial charge >= 0.3 is 0 Å². The van der Waals surface area contributed by atoms with Crippen LogP contribution in [0.15, 0.2) is 12.1 Å². The quantitative estimate of drug-likeness (QED) is 0.778. The Balaban J connectivity index is 2.63. The van der Waals surface area contributed by atoms with Crippen molar-refractivity contribution in [3.8, 4) is 5.75 Å². The van der Waals surface area contributed by atoms with Crippen LogP contribution in [0.25, 0.3) is 0 Å². The van der Waals surface area contributed by atoms with Gasteiger partial charge in [-0.3, -0.25) is 4.79 Å². The Hall–Kier alpha value is -1.51. The van der Waals surface area contributed by atoms with E-state index in [4.69, 9.17) is 4.74 Å². The van der Waals surface area contributed by atoms with Gasteiger partial charge in [-0.15, -0.1) is 0 Å². The summed E-state index contributed by atoms with van der Waals surface area (Å²) < 4.78 is 5.34. The summed E-state index contributed by atoms with van der Waals surface area (Å²) in [6, 6.07) is 4.00. The second-order valence-corrected chi connectivity index (χ2v) is 5.93. The number of rotatable bonds is 3. The van der Waals surface area contributed by atoms with Crippen molar-refractivity contribution in [3.05, 3.63) is 23.3 Å². The summed E-state index contributed by atoms with van der Waals surface area (Å²) in [6.07, 6.45) is 1.97. The van der Waals surface area contributed by atoms with Crippen molar-refractivity contribution in [3.63, 3.8) is 0 Å². The average molecular weight is 261 g/mol. The molecule has 0 fully saturated rings. The number of nitrogens with zero attached hydrogens (tertiary/aromatic N) is 1. The molecule has 3 heteroatoms. The number of methoxy groups -OCH3 is 1. The second-order valence-electron chi connectivity index (χ2n) is 5.93. The van der Waals surface area contributed by atoms with Gasteiger partial charge in [-0.1, -0.05) is 6.92 Å². The lowest BCUT2D eigenvalue weighted by atomic mass is 9.79. The SMILES string of the molecule is CCN1c2cc(OC)c(C=O)cc2[C@H](C)CC1(C)C. The molecule has 1 aliphatic rings. The van der Waals surface area contributed by atoms with E-state index in [1.54, 1.807) is 7.11 Å². The van der Waals surface area contributed by atoms with E-state index in [-0.39, 0.29) is 5.54 Å². The minimum absolute atomic E-state index is 0.134. The van der Waals surface area contributed by atoms with Gasteiger partial charge in [-0.25, -0.2) is 0 Å². The number of carbonyl (C=O) groups excluding carboxylic acids is 1. The Morgan fingerprint density at radius 2 is 2.16 bits per heavy atom. The Kier molecular flexibility index (Phi) is 3.57. The highest BCUT2D eigenvalue weighted by molar-refractivity contribution is 5.82. The number of benzene rings is 1. The fourth-order valence-electron chi connectivity index (χ4n) is 3.39. The van der Waals surface area contributed by atoms with Gasteiger partial charge in [0.05, 0.1) is 12.7 Å². The third-order valence-electron chi connectivity index (χ3n) is 4.18. The number of hydrogen-bond acceptors (Lipinski definition) is 3. The minimum Gasteiger partial charge on any atom is -0.496 e. The first-order valence-electron chi connectivity index (χ1n) is 6.89. The zero-order chi connectivity index (χ0) is 14.2. The lowest BCUT2D eigenvalue weighted by molar-refractivity contribution is 0.112. The van der Waals surface area contributed by atoms with E-state index in [1.165, 1.54) is 11.3 Å². The fraction of sp³-hybridized carbons (Fsp3) is 0.562. The molecule has 0 unspecified atom stereocenters.